The summed E-state index contributed by atoms with van der Waals surface area (Å²) in [6.45, 7) is 12.0. The van der Waals surface area contributed by atoms with Crippen molar-refractivity contribution in [1.29, 1.82) is 0 Å². The molecule has 1 heterocycles. The topological polar surface area (TPSA) is 61.8 Å². The molecule has 1 aliphatic heterocycles. The number of carbonyl (C=O) groups excluding carboxylic acids is 2. The molecular formula is C22H30O5. The molecular weight excluding hydrogens is 344 g/mol. The van der Waals surface area contributed by atoms with E-state index >= 15 is 0 Å². The van der Waals surface area contributed by atoms with Gasteiger partial charge in [0.15, 0.2) is 0 Å². The number of carbonyl (C=O) groups is 2. The summed E-state index contributed by atoms with van der Waals surface area (Å²) >= 11 is 0. The van der Waals surface area contributed by atoms with Gasteiger partial charge in [-0.3, -0.25) is 9.59 Å². The number of hydrogen-bond acceptors (Lipinski definition) is 5. The summed E-state index contributed by atoms with van der Waals surface area (Å²) in [5, 5.41) is 0. The minimum atomic E-state index is -0.708. The van der Waals surface area contributed by atoms with Gasteiger partial charge < -0.3 is 14.2 Å². The highest BCUT2D eigenvalue weighted by molar-refractivity contribution is 5.86. The lowest BCUT2D eigenvalue weighted by Gasteiger charge is -2.37. The Labute approximate surface area is 161 Å². The second-order valence-electron chi connectivity index (χ2n) is 8.22. The standard InChI is InChI=1S/C22H30O5/c1-7-25-21(24)16-9-8-15(10-16)18(23)11-17-12(2)19-14(4)20(13(17)3)27-22(5,6)26-19/h15-16H,7-11H2,1-6H3. The van der Waals surface area contributed by atoms with E-state index in [4.69, 9.17) is 14.2 Å². The third-order valence-corrected chi connectivity index (χ3v) is 5.82. The molecule has 1 aromatic rings. The molecule has 2 atom stereocenters. The van der Waals surface area contributed by atoms with Crippen LogP contribution in [-0.2, 0) is 20.7 Å². The average molecular weight is 374 g/mol. The Balaban J connectivity index is 1.79. The summed E-state index contributed by atoms with van der Waals surface area (Å²) < 4.78 is 17.2. The van der Waals surface area contributed by atoms with E-state index in [1.54, 1.807) is 0 Å². The minimum Gasteiger partial charge on any atom is -0.466 e. The third-order valence-electron chi connectivity index (χ3n) is 5.82. The quantitative estimate of drug-likeness (QED) is 0.723. The summed E-state index contributed by atoms with van der Waals surface area (Å²) in [6.07, 6.45) is 2.44. The van der Waals surface area contributed by atoms with Crippen molar-refractivity contribution in [3.05, 3.63) is 22.3 Å². The van der Waals surface area contributed by atoms with Crippen molar-refractivity contribution in [3.63, 3.8) is 0 Å². The first-order valence-corrected chi connectivity index (χ1v) is 9.84. The van der Waals surface area contributed by atoms with Crippen LogP contribution in [0.15, 0.2) is 0 Å². The lowest BCUT2D eigenvalue weighted by atomic mass is 9.88. The SMILES string of the molecule is CCOC(=O)C1CCC(C(=O)Cc2c(C)c3c(C)c(c2C)OC(C)(C)O3)C1. The monoisotopic (exact) mass is 374 g/mol. The number of Topliss-reactive ketones (excluding diaryl/α,β-unsaturated/α-hetero) is 1. The van der Waals surface area contributed by atoms with Crippen molar-refractivity contribution in [2.24, 2.45) is 11.8 Å². The highest BCUT2D eigenvalue weighted by Crippen LogP contribution is 2.45. The number of rotatable bonds is 5. The van der Waals surface area contributed by atoms with E-state index in [0.29, 0.717) is 19.4 Å². The fourth-order valence-corrected chi connectivity index (χ4v) is 4.37. The number of fused-ring (bicyclic) bond motifs is 2. The van der Waals surface area contributed by atoms with Gasteiger partial charge >= 0.3 is 5.97 Å². The molecule has 0 N–H and O–H groups in total. The molecule has 0 saturated heterocycles. The van der Waals surface area contributed by atoms with Crippen LogP contribution in [0.1, 0.15) is 62.3 Å². The van der Waals surface area contributed by atoms with Crippen LogP contribution in [-0.4, -0.2) is 24.1 Å². The first-order valence-electron chi connectivity index (χ1n) is 9.84. The smallest absolute Gasteiger partial charge is 0.308 e. The molecule has 148 valence electrons. The average Bonchev–Trinajstić information content (AvgIpc) is 3.09. The van der Waals surface area contributed by atoms with E-state index in [9.17, 15) is 9.59 Å². The van der Waals surface area contributed by atoms with Crippen molar-refractivity contribution >= 4 is 11.8 Å². The minimum absolute atomic E-state index is 0.0763. The zero-order valence-corrected chi connectivity index (χ0v) is 17.2. The third kappa shape index (κ3) is 3.69. The van der Waals surface area contributed by atoms with E-state index in [0.717, 1.165) is 46.6 Å². The lowest BCUT2D eigenvalue weighted by Crippen LogP contribution is -2.39. The molecule has 2 unspecified atom stereocenters. The Morgan fingerprint density at radius 3 is 2.11 bits per heavy atom. The lowest BCUT2D eigenvalue weighted by molar-refractivity contribution is -0.147. The molecule has 1 aliphatic carbocycles. The first kappa shape index (κ1) is 19.7. The van der Waals surface area contributed by atoms with Gasteiger partial charge in [-0.1, -0.05) is 0 Å². The van der Waals surface area contributed by atoms with Gasteiger partial charge in [0.1, 0.15) is 17.3 Å². The Kier molecular flexibility index (Phi) is 5.24. The van der Waals surface area contributed by atoms with E-state index in [1.807, 2.05) is 41.5 Å². The highest BCUT2D eigenvalue weighted by Gasteiger charge is 2.37. The van der Waals surface area contributed by atoms with Crippen molar-refractivity contribution < 1.29 is 23.8 Å². The number of hydrogen-bond donors (Lipinski definition) is 0. The van der Waals surface area contributed by atoms with Gasteiger partial charge in [-0.25, -0.2) is 0 Å². The predicted octanol–water partition coefficient (Wildman–Crippen LogP) is 4.21. The molecule has 1 saturated carbocycles. The molecule has 2 bridgehead atoms. The second kappa shape index (κ2) is 7.17. The van der Waals surface area contributed by atoms with Crippen LogP contribution in [0.5, 0.6) is 11.5 Å². The van der Waals surface area contributed by atoms with Crippen LogP contribution in [0.3, 0.4) is 0 Å². The number of esters is 1. The summed E-state index contributed by atoms with van der Waals surface area (Å²) in [6, 6.07) is 0. The van der Waals surface area contributed by atoms with Crippen LogP contribution in [0.25, 0.3) is 0 Å². The molecule has 5 nitrogen and oxygen atoms in total. The van der Waals surface area contributed by atoms with Gasteiger partial charge in [-0.05, 0) is 63.6 Å². The summed E-state index contributed by atoms with van der Waals surface area (Å²) in [5.74, 6) is 0.743. The summed E-state index contributed by atoms with van der Waals surface area (Å²) in [5.41, 5.74) is 4.01. The highest BCUT2D eigenvalue weighted by atomic mass is 16.7. The maximum Gasteiger partial charge on any atom is 0.308 e. The second-order valence-corrected chi connectivity index (χ2v) is 8.22. The Morgan fingerprint density at radius 2 is 1.56 bits per heavy atom. The maximum absolute atomic E-state index is 13.0. The zero-order valence-electron chi connectivity index (χ0n) is 17.2. The zero-order chi connectivity index (χ0) is 19.9. The van der Waals surface area contributed by atoms with Crippen molar-refractivity contribution in [1.82, 2.24) is 0 Å². The van der Waals surface area contributed by atoms with Gasteiger partial charge in [0, 0.05) is 31.7 Å². The molecule has 2 aliphatic rings. The maximum atomic E-state index is 13.0. The largest absolute Gasteiger partial charge is 0.466 e. The van der Waals surface area contributed by atoms with Crippen LogP contribution >= 0.6 is 0 Å². The molecule has 1 fully saturated rings. The Morgan fingerprint density at radius 1 is 1.00 bits per heavy atom. The molecule has 5 heteroatoms. The molecule has 3 rings (SSSR count). The van der Waals surface area contributed by atoms with Gasteiger partial charge in [0.25, 0.3) is 0 Å². The first-order chi connectivity index (χ1) is 12.6. The summed E-state index contributed by atoms with van der Waals surface area (Å²) in [7, 11) is 0. The number of benzene rings is 1. The predicted molar refractivity (Wildman–Crippen MR) is 102 cm³/mol. The molecule has 0 amide bonds. The molecule has 0 spiro atoms. The number of ketones is 1. The van der Waals surface area contributed by atoms with Gasteiger partial charge in [0.05, 0.1) is 12.5 Å². The molecule has 0 aromatic heterocycles. The normalized spacial score (nSPS) is 22.7. The van der Waals surface area contributed by atoms with E-state index in [2.05, 4.69) is 0 Å². The van der Waals surface area contributed by atoms with Crippen molar-refractivity contribution in [3.8, 4) is 11.5 Å². The fraction of sp³-hybridized carbons (Fsp3) is 0.636. The van der Waals surface area contributed by atoms with Gasteiger partial charge in [-0.2, -0.15) is 0 Å². The Bertz CT molecular complexity index is 742. The Hall–Kier alpha value is -2.04. The van der Waals surface area contributed by atoms with Crippen LogP contribution in [0.2, 0.25) is 0 Å². The van der Waals surface area contributed by atoms with Crippen molar-refractivity contribution in [2.45, 2.75) is 73.0 Å². The van der Waals surface area contributed by atoms with Crippen LogP contribution in [0.4, 0.5) is 0 Å². The van der Waals surface area contributed by atoms with Gasteiger partial charge in [-0.15, -0.1) is 0 Å². The van der Waals surface area contributed by atoms with Gasteiger partial charge in [0.2, 0.25) is 5.79 Å². The number of ether oxygens (including phenoxy) is 3. The van der Waals surface area contributed by atoms with Crippen molar-refractivity contribution in [2.75, 3.05) is 6.61 Å². The van der Waals surface area contributed by atoms with Crippen LogP contribution < -0.4 is 9.47 Å². The summed E-state index contributed by atoms with van der Waals surface area (Å²) in [4.78, 5) is 24.9. The van der Waals surface area contributed by atoms with Crippen LogP contribution in [0, 0.1) is 32.6 Å². The molecule has 1 aromatic carbocycles. The van der Waals surface area contributed by atoms with E-state index < -0.39 is 5.79 Å². The molecule has 0 radical (unpaired) electrons. The fourth-order valence-electron chi connectivity index (χ4n) is 4.37. The van der Waals surface area contributed by atoms with E-state index in [1.165, 1.54) is 0 Å². The van der Waals surface area contributed by atoms with E-state index in [-0.39, 0.29) is 23.6 Å². The molecule has 27 heavy (non-hydrogen) atoms.